The number of hydrazine groups is 1. The van der Waals surface area contributed by atoms with Gasteiger partial charge in [0.1, 0.15) is 0 Å². The number of urea groups is 1. The van der Waals surface area contributed by atoms with Crippen molar-refractivity contribution in [2.24, 2.45) is 5.73 Å². The number of halogens is 1. The lowest BCUT2D eigenvalue weighted by Crippen LogP contribution is -2.41. The molecule has 0 atom stereocenters. The van der Waals surface area contributed by atoms with Gasteiger partial charge in [-0.25, -0.2) is 4.79 Å². The summed E-state index contributed by atoms with van der Waals surface area (Å²) in [6.07, 6.45) is 0. The summed E-state index contributed by atoms with van der Waals surface area (Å²) in [7, 11) is 0. The van der Waals surface area contributed by atoms with Crippen LogP contribution in [0.25, 0.3) is 0 Å². The number of amides is 2. The molecule has 1 rings (SSSR count). The van der Waals surface area contributed by atoms with Crippen molar-refractivity contribution in [1.29, 1.82) is 0 Å². The van der Waals surface area contributed by atoms with Gasteiger partial charge in [0.15, 0.2) is 0 Å². The highest BCUT2D eigenvalue weighted by Gasteiger charge is 2.19. The Kier molecular flexibility index (Phi) is 2.69. The van der Waals surface area contributed by atoms with Crippen LogP contribution >= 0.6 is 22.9 Å². The molecule has 0 aromatic heterocycles. The van der Waals surface area contributed by atoms with E-state index in [0.717, 1.165) is 13.1 Å². The minimum absolute atomic E-state index is 0.427. The smallest absolute Gasteiger partial charge is 0.338 e. The highest BCUT2D eigenvalue weighted by molar-refractivity contribution is 14.1. The molecule has 0 unspecified atom stereocenters. The molecule has 6 heteroatoms. The Balaban J connectivity index is 2.39. The van der Waals surface area contributed by atoms with Crippen molar-refractivity contribution in [2.45, 2.75) is 0 Å². The van der Waals surface area contributed by atoms with Gasteiger partial charge in [-0.2, -0.15) is 8.23 Å². The fourth-order valence-electron chi connectivity index (χ4n) is 0.785. The first-order valence-corrected chi connectivity index (χ1v) is 3.89. The maximum Gasteiger partial charge on any atom is 0.338 e. The van der Waals surface area contributed by atoms with E-state index in [4.69, 9.17) is 5.73 Å². The molecule has 0 radical (unpaired) electrons. The maximum atomic E-state index is 10.6. The summed E-state index contributed by atoms with van der Waals surface area (Å²) < 4.78 is 1.39. The van der Waals surface area contributed by atoms with E-state index in [0.29, 0.717) is 6.67 Å². The summed E-state index contributed by atoms with van der Waals surface area (Å²) in [5.74, 6) is 0. The summed E-state index contributed by atoms with van der Waals surface area (Å²) in [6.45, 7) is 2.45. The number of carbonyl (C=O) groups is 1. The molecule has 0 bridgehead atoms. The number of nitrogens with two attached hydrogens (primary N) is 1. The second-order valence-electron chi connectivity index (χ2n) is 1.99. The van der Waals surface area contributed by atoms with E-state index < -0.39 is 6.03 Å². The van der Waals surface area contributed by atoms with Gasteiger partial charge in [-0.3, -0.25) is 0 Å². The van der Waals surface area contributed by atoms with E-state index >= 15 is 0 Å². The average Bonchev–Trinajstić information content (AvgIpc) is 2.36. The zero-order chi connectivity index (χ0) is 7.56. The molecule has 1 fully saturated rings. The van der Waals surface area contributed by atoms with Crippen LogP contribution in [-0.4, -0.2) is 34.0 Å². The molecule has 1 saturated heterocycles. The number of hydrogen-bond donors (Lipinski definition) is 2. The number of carbonyl (C=O) groups excluding carboxylic acids is 1. The van der Waals surface area contributed by atoms with Gasteiger partial charge >= 0.3 is 6.03 Å². The Bertz CT molecular complexity index is 135. The number of nitrogens with zero attached hydrogens (tertiary/aromatic N) is 2. The Labute approximate surface area is 73.0 Å². The lowest BCUT2D eigenvalue weighted by atomic mass is 10.7. The first-order valence-electron chi connectivity index (χ1n) is 2.92. The Morgan fingerprint density at radius 3 is 2.90 bits per heavy atom. The van der Waals surface area contributed by atoms with Crippen LogP contribution in [0.2, 0.25) is 0 Å². The van der Waals surface area contributed by atoms with Crippen LogP contribution in [0.15, 0.2) is 0 Å². The fourth-order valence-corrected chi connectivity index (χ4v) is 1.15. The third-order valence-electron chi connectivity index (χ3n) is 1.27. The molecule has 1 aliphatic heterocycles. The van der Waals surface area contributed by atoms with Crippen molar-refractivity contribution in [3.63, 3.8) is 0 Å². The predicted octanol–water partition coefficient (Wildman–Crippen LogP) is -0.505. The van der Waals surface area contributed by atoms with Crippen LogP contribution in [0.3, 0.4) is 0 Å². The molecule has 3 N–H and O–H groups in total. The average molecular weight is 256 g/mol. The highest BCUT2D eigenvalue weighted by Crippen LogP contribution is 2.05. The van der Waals surface area contributed by atoms with Gasteiger partial charge in [0, 0.05) is 13.1 Å². The Hall–Kier alpha value is -0.0800. The molecular weight excluding hydrogens is 247 g/mol. The van der Waals surface area contributed by atoms with Gasteiger partial charge in [-0.05, 0) is 0 Å². The largest absolute Gasteiger partial charge is 0.350 e. The van der Waals surface area contributed by atoms with Gasteiger partial charge in [0.25, 0.3) is 0 Å². The van der Waals surface area contributed by atoms with E-state index in [1.165, 1.54) is 3.22 Å². The first-order chi connectivity index (χ1) is 4.72. The topological polar surface area (TPSA) is 61.6 Å². The van der Waals surface area contributed by atoms with Crippen molar-refractivity contribution in [3.8, 4) is 0 Å². The predicted molar refractivity (Wildman–Crippen MR) is 45.0 cm³/mol. The third-order valence-corrected chi connectivity index (χ3v) is 2.36. The van der Waals surface area contributed by atoms with Crippen molar-refractivity contribution in [1.82, 2.24) is 13.5 Å². The van der Waals surface area contributed by atoms with Crippen molar-refractivity contribution < 1.29 is 4.79 Å². The standard InChI is InChI=1S/C4H9IN4O/c5-9(4(6)10)8-2-1-7-3-8/h7H,1-3H2,(H2,6,10). The molecule has 0 saturated carbocycles. The van der Waals surface area contributed by atoms with Crippen LogP contribution in [0.1, 0.15) is 0 Å². The molecule has 0 aromatic rings. The van der Waals surface area contributed by atoms with Crippen molar-refractivity contribution in [3.05, 3.63) is 0 Å². The van der Waals surface area contributed by atoms with Gasteiger partial charge < -0.3 is 11.1 Å². The van der Waals surface area contributed by atoms with Crippen LogP contribution < -0.4 is 11.1 Å². The van der Waals surface area contributed by atoms with Crippen LogP contribution in [0.5, 0.6) is 0 Å². The molecule has 0 spiro atoms. The van der Waals surface area contributed by atoms with Crippen LogP contribution in [0, 0.1) is 0 Å². The van der Waals surface area contributed by atoms with Crippen LogP contribution in [-0.2, 0) is 0 Å². The van der Waals surface area contributed by atoms with Crippen molar-refractivity contribution in [2.75, 3.05) is 19.8 Å². The lowest BCUT2D eigenvalue weighted by Gasteiger charge is -2.21. The summed E-state index contributed by atoms with van der Waals surface area (Å²) >= 11 is 1.88. The van der Waals surface area contributed by atoms with Crippen molar-refractivity contribution >= 4 is 28.9 Å². The molecular formula is C4H9IN4O. The second kappa shape index (κ2) is 3.35. The van der Waals surface area contributed by atoms with Gasteiger partial charge in [-0.15, -0.1) is 0 Å². The fraction of sp³-hybridized carbons (Fsp3) is 0.750. The molecule has 1 aliphatic rings. The molecule has 10 heavy (non-hydrogen) atoms. The summed E-state index contributed by atoms with van der Waals surface area (Å²) in [4.78, 5) is 10.6. The number of rotatable bonds is 1. The van der Waals surface area contributed by atoms with E-state index in [2.05, 4.69) is 5.32 Å². The second-order valence-corrected chi connectivity index (χ2v) is 2.90. The van der Waals surface area contributed by atoms with Gasteiger partial charge in [0.2, 0.25) is 0 Å². The molecule has 2 amide bonds. The molecule has 1 heterocycles. The van der Waals surface area contributed by atoms with E-state index in [1.807, 2.05) is 27.9 Å². The zero-order valence-electron chi connectivity index (χ0n) is 5.38. The maximum absolute atomic E-state index is 10.6. The summed E-state index contributed by atoms with van der Waals surface area (Å²) in [5.41, 5.74) is 5.03. The molecule has 5 nitrogen and oxygen atoms in total. The summed E-state index contributed by atoms with van der Waals surface area (Å²) in [5, 5.41) is 4.92. The highest BCUT2D eigenvalue weighted by atomic mass is 127. The lowest BCUT2D eigenvalue weighted by molar-refractivity contribution is 0.142. The quantitative estimate of drug-likeness (QED) is 0.491. The first kappa shape index (κ1) is 8.02. The number of nitrogens with one attached hydrogen (secondary N) is 1. The van der Waals surface area contributed by atoms with Gasteiger partial charge in [-0.1, -0.05) is 0 Å². The SMILES string of the molecule is NC(=O)N(I)N1CCNC1. The van der Waals surface area contributed by atoms with E-state index in [-0.39, 0.29) is 0 Å². The summed E-state index contributed by atoms with van der Waals surface area (Å²) in [6, 6.07) is -0.427. The normalized spacial score (nSPS) is 19.3. The Morgan fingerprint density at radius 2 is 2.50 bits per heavy atom. The molecule has 0 aromatic carbocycles. The molecule has 58 valence electrons. The third kappa shape index (κ3) is 1.70. The molecule has 0 aliphatic carbocycles. The minimum atomic E-state index is -0.427. The van der Waals surface area contributed by atoms with Gasteiger partial charge in [0.05, 0.1) is 29.5 Å². The number of hydrogen-bond acceptors (Lipinski definition) is 3. The minimum Gasteiger partial charge on any atom is -0.350 e. The van der Waals surface area contributed by atoms with E-state index in [9.17, 15) is 4.79 Å². The Morgan fingerprint density at radius 1 is 1.80 bits per heavy atom. The van der Waals surface area contributed by atoms with E-state index in [1.54, 1.807) is 0 Å². The zero-order valence-corrected chi connectivity index (χ0v) is 7.54. The number of primary amides is 1. The van der Waals surface area contributed by atoms with Crippen LogP contribution in [0.4, 0.5) is 4.79 Å². The monoisotopic (exact) mass is 256 g/mol.